The minimum absolute atomic E-state index is 0.221. The van der Waals surface area contributed by atoms with Crippen molar-refractivity contribution in [2.45, 2.75) is 25.7 Å². The Morgan fingerprint density at radius 1 is 1.43 bits per heavy atom. The van der Waals surface area contributed by atoms with Crippen molar-refractivity contribution in [3.8, 4) is 0 Å². The van der Waals surface area contributed by atoms with Gasteiger partial charge < -0.3 is 14.6 Å². The summed E-state index contributed by atoms with van der Waals surface area (Å²) in [5.74, 6) is 0. The molecule has 0 aliphatic carbocycles. The van der Waals surface area contributed by atoms with E-state index in [1.165, 1.54) is 0 Å². The molecule has 1 fully saturated rings. The first-order valence-corrected chi connectivity index (χ1v) is 5.60. The Morgan fingerprint density at radius 3 is 2.71 bits per heavy atom. The first-order valence-electron chi connectivity index (χ1n) is 4.78. The highest BCUT2D eigenvalue weighted by molar-refractivity contribution is 7.12. The van der Waals surface area contributed by atoms with Crippen molar-refractivity contribution in [3.63, 3.8) is 0 Å². The highest BCUT2D eigenvalue weighted by atomic mass is 32.1. The maximum absolute atomic E-state index is 9.36. The van der Waals surface area contributed by atoms with Gasteiger partial charge in [-0.25, -0.2) is 0 Å². The topological polar surface area (TPSA) is 38.7 Å². The fraction of sp³-hybridized carbons (Fsp3) is 0.600. The lowest BCUT2D eigenvalue weighted by Crippen LogP contribution is -2.16. The molecular formula is C10H14O3S. The molecule has 1 N–H and O–H groups in total. The van der Waals surface area contributed by atoms with Gasteiger partial charge in [-0.05, 0) is 25.5 Å². The molecular weight excluding hydrogens is 200 g/mol. The Balaban J connectivity index is 2.07. The summed E-state index contributed by atoms with van der Waals surface area (Å²) in [5.41, 5.74) is 0. The molecule has 2 heterocycles. The van der Waals surface area contributed by atoms with Gasteiger partial charge in [-0.3, -0.25) is 0 Å². The van der Waals surface area contributed by atoms with Crippen molar-refractivity contribution in [3.05, 3.63) is 21.9 Å². The highest BCUT2D eigenvalue weighted by Gasteiger charge is 2.19. The standard InChI is InChI=1S/C10H14O3S/c1-7(11)8-3-4-9(14-8)10-12-5-2-6-13-10/h3-4,7,10-11H,2,5-6H2,1H3. The maximum atomic E-state index is 9.36. The molecule has 1 unspecified atom stereocenters. The lowest BCUT2D eigenvalue weighted by Gasteiger charge is -2.21. The third-order valence-electron chi connectivity index (χ3n) is 2.12. The SMILES string of the molecule is CC(O)c1ccc(C2OCCCO2)s1. The third kappa shape index (κ3) is 2.15. The predicted octanol–water partition coefficient (Wildman–Crippen LogP) is 2.24. The lowest BCUT2D eigenvalue weighted by atomic mass is 10.3. The van der Waals surface area contributed by atoms with Crippen LogP contribution in [0.2, 0.25) is 0 Å². The van der Waals surface area contributed by atoms with Gasteiger partial charge in [0.1, 0.15) is 0 Å². The smallest absolute Gasteiger partial charge is 0.193 e. The fourth-order valence-corrected chi connectivity index (χ4v) is 2.32. The van der Waals surface area contributed by atoms with Gasteiger partial charge >= 0.3 is 0 Å². The van der Waals surface area contributed by atoms with Gasteiger partial charge in [-0.2, -0.15) is 0 Å². The van der Waals surface area contributed by atoms with E-state index in [0.717, 1.165) is 29.4 Å². The average molecular weight is 214 g/mol. The van der Waals surface area contributed by atoms with E-state index >= 15 is 0 Å². The van der Waals surface area contributed by atoms with Crippen molar-refractivity contribution in [1.82, 2.24) is 0 Å². The molecule has 1 aliphatic rings. The summed E-state index contributed by atoms with van der Waals surface area (Å²) < 4.78 is 10.9. The molecule has 1 atom stereocenters. The van der Waals surface area contributed by atoms with Crippen LogP contribution in [0.3, 0.4) is 0 Å². The zero-order valence-electron chi connectivity index (χ0n) is 8.10. The van der Waals surface area contributed by atoms with Crippen LogP contribution in [0.4, 0.5) is 0 Å². The van der Waals surface area contributed by atoms with Crippen LogP contribution < -0.4 is 0 Å². The van der Waals surface area contributed by atoms with Crippen LogP contribution in [0.5, 0.6) is 0 Å². The molecule has 1 aromatic rings. The number of aliphatic hydroxyl groups is 1. The van der Waals surface area contributed by atoms with Gasteiger partial charge in [0, 0.05) is 4.88 Å². The van der Waals surface area contributed by atoms with Crippen LogP contribution in [-0.4, -0.2) is 18.3 Å². The number of hydrogen-bond acceptors (Lipinski definition) is 4. The van der Waals surface area contributed by atoms with Gasteiger partial charge in [0.05, 0.1) is 24.2 Å². The van der Waals surface area contributed by atoms with E-state index in [2.05, 4.69) is 0 Å². The number of thiophene rings is 1. The Bertz CT molecular complexity index is 289. The molecule has 0 amide bonds. The monoisotopic (exact) mass is 214 g/mol. The highest BCUT2D eigenvalue weighted by Crippen LogP contribution is 2.31. The van der Waals surface area contributed by atoms with Gasteiger partial charge in [-0.1, -0.05) is 0 Å². The third-order valence-corrected chi connectivity index (χ3v) is 3.40. The summed E-state index contributed by atoms with van der Waals surface area (Å²) in [6.45, 7) is 3.28. The fourth-order valence-electron chi connectivity index (χ4n) is 1.37. The first-order chi connectivity index (χ1) is 6.77. The quantitative estimate of drug-likeness (QED) is 0.820. The van der Waals surface area contributed by atoms with Crippen molar-refractivity contribution >= 4 is 11.3 Å². The molecule has 2 rings (SSSR count). The van der Waals surface area contributed by atoms with E-state index in [9.17, 15) is 5.11 Å². The van der Waals surface area contributed by atoms with Crippen LogP contribution in [0.15, 0.2) is 12.1 Å². The first kappa shape index (κ1) is 10.1. The second-order valence-electron chi connectivity index (χ2n) is 3.34. The lowest BCUT2D eigenvalue weighted by molar-refractivity contribution is -0.181. The number of aliphatic hydroxyl groups excluding tert-OH is 1. The number of ether oxygens (including phenoxy) is 2. The van der Waals surface area contributed by atoms with Crippen molar-refractivity contribution in [1.29, 1.82) is 0 Å². The van der Waals surface area contributed by atoms with Crippen molar-refractivity contribution < 1.29 is 14.6 Å². The van der Waals surface area contributed by atoms with E-state index in [4.69, 9.17) is 9.47 Å². The summed E-state index contributed by atoms with van der Waals surface area (Å²) in [6, 6.07) is 3.88. The molecule has 4 heteroatoms. The molecule has 14 heavy (non-hydrogen) atoms. The zero-order chi connectivity index (χ0) is 9.97. The van der Waals surface area contributed by atoms with E-state index in [-0.39, 0.29) is 6.29 Å². The largest absolute Gasteiger partial charge is 0.388 e. The molecule has 1 aromatic heterocycles. The molecule has 1 aliphatic heterocycles. The van der Waals surface area contributed by atoms with Gasteiger partial charge in [0.25, 0.3) is 0 Å². The van der Waals surface area contributed by atoms with Crippen LogP contribution in [0, 0.1) is 0 Å². The van der Waals surface area contributed by atoms with Gasteiger partial charge in [0.2, 0.25) is 0 Å². The molecule has 0 aromatic carbocycles. The van der Waals surface area contributed by atoms with Gasteiger partial charge in [-0.15, -0.1) is 11.3 Å². The Hall–Kier alpha value is -0.420. The van der Waals surface area contributed by atoms with E-state index < -0.39 is 6.10 Å². The van der Waals surface area contributed by atoms with E-state index in [0.29, 0.717) is 0 Å². The molecule has 0 radical (unpaired) electrons. The number of hydrogen-bond donors (Lipinski definition) is 1. The molecule has 0 saturated carbocycles. The molecule has 78 valence electrons. The summed E-state index contributed by atoms with van der Waals surface area (Å²) in [4.78, 5) is 2.00. The Morgan fingerprint density at radius 2 is 2.14 bits per heavy atom. The van der Waals surface area contributed by atoms with E-state index in [1.54, 1.807) is 18.3 Å². The Kier molecular flexibility index (Phi) is 3.18. The van der Waals surface area contributed by atoms with Gasteiger partial charge in [0.15, 0.2) is 6.29 Å². The van der Waals surface area contributed by atoms with Crippen LogP contribution in [0.25, 0.3) is 0 Å². The minimum atomic E-state index is -0.405. The minimum Gasteiger partial charge on any atom is -0.388 e. The second kappa shape index (κ2) is 4.40. The average Bonchev–Trinajstić information content (AvgIpc) is 2.68. The van der Waals surface area contributed by atoms with Crippen molar-refractivity contribution in [2.24, 2.45) is 0 Å². The second-order valence-corrected chi connectivity index (χ2v) is 4.49. The normalized spacial score (nSPS) is 21.0. The molecule has 3 nitrogen and oxygen atoms in total. The predicted molar refractivity (Wildman–Crippen MR) is 54.2 cm³/mol. The van der Waals surface area contributed by atoms with Crippen molar-refractivity contribution in [2.75, 3.05) is 13.2 Å². The van der Waals surface area contributed by atoms with Crippen LogP contribution in [-0.2, 0) is 9.47 Å². The van der Waals surface area contributed by atoms with Crippen LogP contribution >= 0.6 is 11.3 Å². The zero-order valence-corrected chi connectivity index (χ0v) is 8.92. The summed E-state index contributed by atoms with van der Waals surface area (Å²) in [5, 5.41) is 9.36. The summed E-state index contributed by atoms with van der Waals surface area (Å²) >= 11 is 1.55. The summed E-state index contributed by atoms with van der Waals surface area (Å²) in [7, 11) is 0. The molecule has 0 spiro atoms. The maximum Gasteiger partial charge on any atom is 0.193 e. The molecule has 0 bridgehead atoms. The summed E-state index contributed by atoms with van der Waals surface area (Å²) in [6.07, 6.45) is 0.337. The number of rotatable bonds is 2. The van der Waals surface area contributed by atoms with Crippen LogP contribution in [0.1, 0.15) is 35.5 Å². The van der Waals surface area contributed by atoms with E-state index in [1.807, 2.05) is 12.1 Å². The molecule has 1 saturated heterocycles. The Labute approximate surface area is 87.3 Å².